The standard InChI is InChI=1S/2C4H7NO.2H3N/c2*1-3(2)4(5)6;;/h2*1H2,2H3,(H2,5,6);2*1H3. The highest BCUT2D eigenvalue weighted by molar-refractivity contribution is 5.90. The van der Waals surface area contributed by atoms with Crippen LogP contribution < -0.4 is 23.8 Å². The van der Waals surface area contributed by atoms with E-state index in [0.29, 0.717) is 11.1 Å². The van der Waals surface area contributed by atoms with Crippen LogP contribution in [0.5, 0.6) is 0 Å². The summed E-state index contributed by atoms with van der Waals surface area (Å²) in [7, 11) is 0. The van der Waals surface area contributed by atoms with Crippen LogP contribution in [0.3, 0.4) is 0 Å². The van der Waals surface area contributed by atoms with Gasteiger partial charge in [-0.3, -0.25) is 9.59 Å². The summed E-state index contributed by atoms with van der Waals surface area (Å²) < 4.78 is 0. The Morgan fingerprint density at radius 1 is 0.857 bits per heavy atom. The molecule has 0 atom stereocenters. The molecule has 0 radical (unpaired) electrons. The fraction of sp³-hybridized carbons (Fsp3) is 0.250. The Morgan fingerprint density at radius 2 is 0.929 bits per heavy atom. The Bertz CT molecular complexity index is 175. The zero-order chi connectivity index (χ0) is 10.3. The molecule has 6 nitrogen and oxygen atoms in total. The fourth-order valence-electron chi connectivity index (χ4n) is 0. The minimum atomic E-state index is -0.435. The van der Waals surface area contributed by atoms with Crippen molar-refractivity contribution >= 4 is 11.8 Å². The molecule has 0 aliphatic heterocycles. The predicted molar refractivity (Wildman–Crippen MR) is 58.1 cm³/mol. The summed E-state index contributed by atoms with van der Waals surface area (Å²) in [6, 6.07) is 0. The zero-order valence-electron chi connectivity index (χ0n) is 8.80. The molecular weight excluding hydrogens is 184 g/mol. The molecule has 0 saturated heterocycles. The van der Waals surface area contributed by atoms with Crippen LogP contribution >= 0.6 is 0 Å². The molecule has 0 heterocycles. The predicted octanol–water partition coefficient (Wildman–Crippen LogP) is 0.420. The van der Waals surface area contributed by atoms with E-state index in [1.165, 1.54) is 0 Å². The zero-order valence-corrected chi connectivity index (χ0v) is 8.80. The van der Waals surface area contributed by atoms with Gasteiger partial charge in [0, 0.05) is 11.1 Å². The molecule has 0 rings (SSSR count). The van der Waals surface area contributed by atoms with Gasteiger partial charge < -0.3 is 23.8 Å². The average Bonchev–Trinajstić information content (AvgIpc) is 1.88. The third kappa shape index (κ3) is 22.4. The van der Waals surface area contributed by atoms with Crippen molar-refractivity contribution in [2.75, 3.05) is 0 Å². The molecule has 0 saturated carbocycles. The minimum absolute atomic E-state index is 0. The van der Waals surface area contributed by atoms with Gasteiger partial charge >= 0.3 is 0 Å². The Hall–Kier alpha value is -1.66. The number of amides is 2. The first-order chi connectivity index (χ1) is 5.29. The molecule has 0 aromatic heterocycles. The highest BCUT2D eigenvalue weighted by atomic mass is 16.1. The molecule has 14 heavy (non-hydrogen) atoms. The number of hydrogen-bond acceptors (Lipinski definition) is 4. The summed E-state index contributed by atoms with van der Waals surface area (Å²) in [5.41, 5.74) is 10.2. The molecule has 0 unspecified atom stereocenters. The molecule has 6 heteroatoms. The van der Waals surface area contributed by atoms with Gasteiger partial charge in [-0.05, 0) is 13.8 Å². The smallest absolute Gasteiger partial charge is 0.243 e. The highest BCUT2D eigenvalue weighted by Crippen LogP contribution is 1.78. The van der Waals surface area contributed by atoms with Gasteiger partial charge in [0.05, 0.1) is 0 Å². The van der Waals surface area contributed by atoms with Gasteiger partial charge in [0.15, 0.2) is 0 Å². The number of rotatable bonds is 2. The number of nitrogens with two attached hydrogens (primary N) is 2. The van der Waals surface area contributed by atoms with E-state index in [0.717, 1.165) is 0 Å². The quantitative estimate of drug-likeness (QED) is 0.480. The van der Waals surface area contributed by atoms with Gasteiger partial charge in [0.1, 0.15) is 0 Å². The number of hydrogen-bond donors (Lipinski definition) is 4. The van der Waals surface area contributed by atoms with Crippen molar-refractivity contribution in [1.82, 2.24) is 12.3 Å². The van der Waals surface area contributed by atoms with Crippen LogP contribution in [-0.2, 0) is 9.59 Å². The number of carbonyl (C=O) groups excluding carboxylic acids is 2. The largest absolute Gasteiger partial charge is 0.366 e. The Morgan fingerprint density at radius 3 is 0.929 bits per heavy atom. The monoisotopic (exact) mass is 204 g/mol. The van der Waals surface area contributed by atoms with Crippen LogP contribution in [0.1, 0.15) is 13.8 Å². The Kier molecular flexibility index (Phi) is 18.5. The summed E-state index contributed by atoms with van der Waals surface area (Å²) in [5, 5.41) is 0. The normalized spacial score (nSPS) is 6.43. The summed E-state index contributed by atoms with van der Waals surface area (Å²) in [4.78, 5) is 19.6. The second-order valence-electron chi connectivity index (χ2n) is 2.29. The van der Waals surface area contributed by atoms with Crippen molar-refractivity contribution in [2.45, 2.75) is 13.8 Å². The summed E-state index contributed by atoms with van der Waals surface area (Å²) in [6.45, 7) is 9.70. The van der Waals surface area contributed by atoms with Gasteiger partial charge in [0.2, 0.25) is 11.8 Å². The molecule has 0 bridgehead atoms. The molecule has 84 valence electrons. The van der Waals surface area contributed by atoms with Crippen LogP contribution in [0.2, 0.25) is 0 Å². The first-order valence-corrected chi connectivity index (χ1v) is 3.19. The Balaban J connectivity index is -0.0000000625. The highest BCUT2D eigenvalue weighted by Gasteiger charge is 1.87. The first-order valence-electron chi connectivity index (χ1n) is 3.19. The second kappa shape index (κ2) is 11.3. The topological polar surface area (TPSA) is 156 Å². The second-order valence-corrected chi connectivity index (χ2v) is 2.29. The third-order valence-electron chi connectivity index (χ3n) is 0.841. The molecule has 0 spiro atoms. The molecule has 2 amide bonds. The number of primary amides is 2. The maximum Gasteiger partial charge on any atom is 0.243 e. The SMILES string of the molecule is C=C(C)C(N)=O.C=C(C)C(N)=O.N.N. The van der Waals surface area contributed by atoms with E-state index in [2.05, 4.69) is 13.2 Å². The van der Waals surface area contributed by atoms with Gasteiger partial charge in [-0.2, -0.15) is 0 Å². The van der Waals surface area contributed by atoms with E-state index in [1.807, 2.05) is 0 Å². The van der Waals surface area contributed by atoms with E-state index in [1.54, 1.807) is 13.8 Å². The van der Waals surface area contributed by atoms with E-state index in [-0.39, 0.29) is 12.3 Å². The lowest BCUT2D eigenvalue weighted by molar-refractivity contribution is -0.115. The molecule has 0 aliphatic carbocycles. The van der Waals surface area contributed by atoms with Crippen molar-refractivity contribution in [3.8, 4) is 0 Å². The lowest BCUT2D eigenvalue weighted by Gasteiger charge is -1.81. The van der Waals surface area contributed by atoms with Crippen molar-refractivity contribution in [1.29, 1.82) is 0 Å². The van der Waals surface area contributed by atoms with E-state index >= 15 is 0 Å². The van der Waals surface area contributed by atoms with Crippen molar-refractivity contribution < 1.29 is 9.59 Å². The molecule has 0 aromatic rings. The maximum absolute atomic E-state index is 9.82. The van der Waals surface area contributed by atoms with Gasteiger partial charge in [-0.1, -0.05) is 13.2 Å². The maximum atomic E-state index is 9.82. The molecule has 0 aliphatic rings. The van der Waals surface area contributed by atoms with E-state index < -0.39 is 11.8 Å². The average molecular weight is 204 g/mol. The van der Waals surface area contributed by atoms with Crippen LogP contribution in [0.15, 0.2) is 24.3 Å². The van der Waals surface area contributed by atoms with Crippen LogP contribution in [0, 0.1) is 0 Å². The van der Waals surface area contributed by atoms with Crippen molar-refractivity contribution in [2.24, 2.45) is 11.5 Å². The lowest BCUT2D eigenvalue weighted by atomic mass is 10.3. The van der Waals surface area contributed by atoms with Gasteiger partial charge in [0.25, 0.3) is 0 Å². The number of carbonyl (C=O) groups is 2. The van der Waals surface area contributed by atoms with E-state index in [9.17, 15) is 9.59 Å². The summed E-state index contributed by atoms with van der Waals surface area (Å²) in [5.74, 6) is -0.870. The van der Waals surface area contributed by atoms with Crippen LogP contribution in [0.25, 0.3) is 0 Å². The first kappa shape index (κ1) is 22.8. The third-order valence-corrected chi connectivity index (χ3v) is 0.841. The minimum Gasteiger partial charge on any atom is -0.366 e. The van der Waals surface area contributed by atoms with Gasteiger partial charge in [-0.15, -0.1) is 0 Å². The summed E-state index contributed by atoms with van der Waals surface area (Å²) >= 11 is 0. The molecular formula is C8H20N4O2. The molecule has 0 fully saturated rings. The molecule has 0 aromatic carbocycles. The fourth-order valence-corrected chi connectivity index (χ4v) is 0. The van der Waals surface area contributed by atoms with Gasteiger partial charge in [-0.25, -0.2) is 0 Å². The van der Waals surface area contributed by atoms with E-state index in [4.69, 9.17) is 11.5 Å². The molecule has 10 N–H and O–H groups in total. The van der Waals surface area contributed by atoms with Crippen LogP contribution in [0.4, 0.5) is 0 Å². The summed E-state index contributed by atoms with van der Waals surface area (Å²) in [6.07, 6.45) is 0. The van der Waals surface area contributed by atoms with Crippen molar-refractivity contribution in [3.63, 3.8) is 0 Å². The van der Waals surface area contributed by atoms with Crippen molar-refractivity contribution in [3.05, 3.63) is 24.3 Å². The van der Waals surface area contributed by atoms with Crippen LogP contribution in [-0.4, -0.2) is 11.8 Å². The Labute approximate surface area is 84.2 Å². The lowest BCUT2D eigenvalue weighted by Crippen LogP contribution is -2.10.